The third kappa shape index (κ3) is 5.10. The monoisotopic (exact) mass is 407 g/mol. The summed E-state index contributed by atoms with van der Waals surface area (Å²) in [5.74, 6) is -1.43. The summed E-state index contributed by atoms with van der Waals surface area (Å²) in [5, 5.41) is 0. The molecule has 0 saturated carbocycles. The third-order valence-corrected chi connectivity index (χ3v) is 3.38. The van der Waals surface area contributed by atoms with Gasteiger partial charge in [-0.1, -0.05) is 0 Å². The molecule has 0 aliphatic heterocycles. The molecule has 9 heteroatoms. The third-order valence-electron chi connectivity index (χ3n) is 2.07. The maximum atomic E-state index is 12.7. The fraction of sp³-hybridized carbons (Fsp3) is 0.455. The van der Waals surface area contributed by atoms with Crippen molar-refractivity contribution in [3.05, 3.63) is 20.9 Å². The zero-order chi connectivity index (χ0) is 15.3. The van der Waals surface area contributed by atoms with Gasteiger partial charge in [-0.05, 0) is 35.1 Å². The topological polar surface area (TPSA) is 48.4 Å². The van der Waals surface area contributed by atoms with Gasteiger partial charge >= 0.3 is 12.3 Å². The zero-order valence-electron chi connectivity index (χ0n) is 10.3. The van der Waals surface area contributed by atoms with E-state index in [1.165, 1.54) is 0 Å². The molecule has 20 heavy (non-hydrogen) atoms. The van der Waals surface area contributed by atoms with Gasteiger partial charge in [-0.2, -0.15) is 0 Å². The largest absolute Gasteiger partial charge is 0.574 e. The number of hydrogen-bond acceptors (Lipinski definition) is 4. The molecule has 0 aromatic carbocycles. The summed E-state index contributed by atoms with van der Waals surface area (Å²) in [7, 11) is 0. The molecule has 0 N–H and O–H groups in total. The Morgan fingerprint density at radius 1 is 1.45 bits per heavy atom. The van der Waals surface area contributed by atoms with Crippen LogP contribution in [0.25, 0.3) is 0 Å². The lowest BCUT2D eigenvalue weighted by Crippen LogP contribution is -2.19. The number of aromatic nitrogens is 1. The molecule has 0 aliphatic carbocycles. The van der Waals surface area contributed by atoms with E-state index in [9.17, 15) is 22.4 Å². The zero-order valence-corrected chi connectivity index (χ0v) is 12.4. The Bertz CT molecular complexity index is 493. The first-order valence-corrected chi connectivity index (χ1v) is 6.50. The summed E-state index contributed by atoms with van der Waals surface area (Å²) in [6.07, 6.45) is -5.22. The lowest BCUT2D eigenvalue weighted by atomic mass is 10.1. The minimum absolute atomic E-state index is 0.141. The highest BCUT2D eigenvalue weighted by atomic mass is 127. The van der Waals surface area contributed by atoms with Gasteiger partial charge in [-0.25, -0.2) is 9.37 Å². The maximum absolute atomic E-state index is 12.7. The van der Waals surface area contributed by atoms with Crippen molar-refractivity contribution in [1.29, 1.82) is 0 Å². The number of ether oxygens (including phenoxy) is 2. The molecule has 1 heterocycles. The molecule has 1 rings (SSSR count). The SMILES string of the molecule is CCOC(=O)Cc1cc(OC(F)(F)F)nc(CF)c1I. The first-order valence-electron chi connectivity index (χ1n) is 5.42. The molecule has 112 valence electrons. The van der Waals surface area contributed by atoms with Gasteiger partial charge in [0.05, 0.1) is 18.7 Å². The standard InChI is InChI=1S/C11H10F4INO3/c1-2-19-9(18)4-6-3-8(20-11(13,14)15)17-7(5-12)10(6)16/h3H,2,4-5H2,1H3. The van der Waals surface area contributed by atoms with Gasteiger partial charge in [0.1, 0.15) is 6.67 Å². The Balaban J connectivity index is 3.08. The maximum Gasteiger partial charge on any atom is 0.574 e. The predicted molar refractivity (Wildman–Crippen MR) is 68.8 cm³/mol. The van der Waals surface area contributed by atoms with Gasteiger partial charge in [0.25, 0.3) is 0 Å². The number of carbonyl (C=O) groups excluding carboxylic acids is 1. The van der Waals surface area contributed by atoms with Crippen molar-refractivity contribution in [1.82, 2.24) is 4.98 Å². The molecule has 0 amide bonds. The molecule has 0 radical (unpaired) electrons. The van der Waals surface area contributed by atoms with Crippen molar-refractivity contribution in [2.24, 2.45) is 0 Å². The second-order valence-electron chi connectivity index (χ2n) is 3.54. The minimum atomic E-state index is -4.94. The molecule has 0 atom stereocenters. The van der Waals surface area contributed by atoms with E-state index in [1.54, 1.807) is 29.5 Å². The molecule has 0 unspecified atom stereocenters. The van der Waals surface area contributed by atoms with Crippen molar-refractivity contribution < 1.29 is 31.8 Å². The summed E-state index contributed by atoms with van der Waals surface area (Å²) in [4.78, 5) is 14.8. The first-order chi connectivity index (χ1) is 9.26. The van der Waals surface area contributed by atoms with Crippen LogP contribution in [0, 0.1) is 3.57 Å². The van der Waals surface area contributed by atoms with E-state index in [4.69, 9.17) is 4.74 Å². The Hall–Kier alpha value is -1.13. The highest BCUT2D eigenvalue weighted by Crippen LogP contribution is 2.26. The van der Waals surface area contributed by atoms with E-state index in [1.807, 2.05) is 0 Å². The van der Waals surface area contributed by atoms with Crippen molar-refractivity contribution in [3.8, 4) is 5.88 Å². The molecule has 0 bridgehead atoms. The molecule has 0 saturated heterocycles. The average molecular weight is 407 g/mol. The van der Waals surface area contributed by atoms with E-state index in [-0.39, 0.29) is 27.9 Å². The van der Waals surface area contributed by atoms with E-state index >= 15 is 0 Å². The number of halogens is 5. The number of nitrogens with zero attached hydrogens (tertiary/aromatic N) is 1. The van der Waals surface area contributed by atoms with E-state index < -0.39 is 24.9 Å². The molecule has 4 nitrogen and oxygen atoms in total. The molecule has 0 spiro atoms. The van der Waals surface area contributed by atoms with Gasteiger partial charge in [0, 0.05) is 9.64 Å². The summed E-state index contributed by atoms with van der Waals surface area (Å²) in [6.45, 7) is 0.673. The van der Waals surface area contributed by atoms with Crippen LogP contribution in [0.2, 0.25) is 0 Å². The molecule has 1 aromatic heterocycles. The quantitative estimate of drug-likeness (QED) is 0.428. The molecule has 1 aromatic rings. The lowest BCUT2D eigenvalue weighted by Gasteiger charge is -2.12. The number of carbonyl (C=O) groups is 1. The van der Waals surface area contributed by atoms with E-state index in [0.717, 1.165) is 6.07 Å². The van der Waals surface area contributed by atoms with Gasteiger partial charge in [-0.15, -0.1) is 13.2 Å². The molecular formula is C11H10F4INO3. The Kier molecular flexibility index (Phi) is 5.96. The Morgan fingerprint density at radius 2 is 2.10 bits per heavy atom. The van der Waals surface area contributed by atoms with Crippen LogP contribution in [0.4, 0.5) is 17.6 Å². The molecule has 0 fully saturated rings. The molecular weight excluding hydrogens is 397 g/mol. The van der Waals surface area contributed by atoms with E-state index in [0.29, 0.717) is 0 Å². The second-order valence-corrected chi connectivity index (χ2v) is 4.62. The van der Waals surface area contributed by atoms with Crippen LogP contribution >= 0.6 is 22.6 Å². The minimum Gasteiger partial charge on any atom is -0.466 e. The van der Waals surface area contributed by atoms with Crippen LogP contribution in [0.5, 0.6) is 5.88 Å². The number of alkyl halides is 4. The normalized spacial score (nSPS) is 11.3. The van der Waals surface area contributed by atoms with Crippen LogP contribution in [0.15, 0.2) is 6.07 Å². The number of pyridine rings is 1. The summed E-state index contributed by atoms with van der Waals surface area (Å²) >= 11 is 1.71. The summed E-state index contributed by atoms with van der Waals surface area (Å²) in [6, 6.07) is 0.950. The first kappa shape index (κ1) is 16.9. The second kappa shape index (κ2) is 7.04. The van der Waals surface area contributed by atoms with Crippen LogP contribution in [0.3, 0.4) is 0 Å². The van der Waals surface area contributed by atoms with Gasteiger partial charge in [0.2, 0.25) is 5.88 Å². The van der Waals surface area contributed by atoms with Crippen LogP contribution < -0.4 is 4.74 Å². The van der Waals surface area contributed by atoms with Gasteiger partial charge in [-0.3, -0.25) is 4.79 Å². The predicted octanol–water partition coefficient (Wildman–Crippen LogP) is 3.16. The number of rotatable bonds is 5. The summed E-state index contributed by atoms with van der Waals surface area (Å²) < 4.78 is 57.8. The van der Waals surface area contributed by atoms with Crippen LogP contribution in [-0.4, -0.2) is 23.9 Å². The summed E-state index contributed by atoms with van der Waals surface area (Å²) in [5.41, 5.74) is -0.0439. The smallest absolute Gasteiger partial charge is 0.466 e. The fourth-order valence-corrected chi connectivity index (χ4v) is 1.98. The van der Waals surface area contributed by atoms with Crippen molar-refractivity contribution in [3.63, 3.8) is 0 Å². The van der Waals surface area contributed by atoms with E-state index in [2.05, 4.69) is 9.72 Å². The van der Waals surface area contributed by atoms with Crippen molar-refractivity contribution >= 4 is 28.6 Å². The van der Waals surface area contributed by atoms with Gasteiger partial charge in [0.15, 0.2) is 0 Å². The highest BCUT2D eigenvalue weighted by Gasteiger charge is 2.32. The average Bonchev–Trinajstić information content (AvgIpc) is 2.31. The highest BCUT2D eigenvalue weighted by molar-refractivity contribution is 14.1. The van der Waals surface area contributed by atoms with Crippen LogP contribution in [0.1, 0.15) is 18.2 Å². The fourth-order valence-electron chi connectivity index (χ4n) is 1.37. The Morgan fingerprint density at radius 3 is 2.60 bits per heavy atom. The number of hydrogen-bond donors (Lipinski definition) is 0. The number of esters is 1. The van der Waals surface area contributed by atoms with Crippen molar-refractivity contribution in [2.45, 2.75) is 26.4 Å². The van der Waals surface area contributed by atoms with Crippen molar-refractivity contribution in [2.75, 3.05) is 6.61 Å². The molecule has 0 aliphatic rings. The van der Waals surface area contributed by atoms with Gasteiger partial charge < -0.3 is 9.47 Å². The lowest BCUT2D eigenvalue weighted by molar-refractivity contribution is -0.276. The van der Waals surface area contributed by atoms with Crippen LogP contribution in [-0.2, 0) is 22.6 Å². The Labute approximate surface area is 125 Å².